The van der Waals surface area contributed by atoms with Crippen LogP contribution in [0.15, 0.2) is 287 Å². The minimum absolute atomic E-state index is 0. The Morgan fingerprint density at radius 2 is 0.839 bits per heavy atom. The van der Waals surface area contributed by atoms with E-state index in [9.17, 15) is 0 Å². The third kappa shape index (κ3) is 19.3. The zero-order valence-corrected chi connectivity index (χ0v) is 67.0. The van der Waals surface area contributed by atoms with Gasteiger partial charge in [0.2, 0.25) is 5.71 Å². The molecule has 561 valence electrons. The van der Waals surface area contributed by atoms with Gasteiger partial charge in [-0.15, -0.1) is 161 Å². The summed E-state index contributed by atoms with van der Waals surface area (Å²) < 4.78 is 203. The molecule has 19 rings (SSSR count). The number of hydrogen-bond acceptors (Lipinski definition) is 10. The third-order valence-corrected chi connectivity index (χ3v) is 17.3. The molecule has 3 radical (unpaired) electrons. The molecule has 0 aliphatic rings. The molecule has 112 heavy (non-hydrogen) atoms. The molecule has 0 saturated heterocycles. The van der Waals surface area contributed by atoms with Gasteiger partial charge in [0.15, 0.2) is 0 Å². The van der Waals surface area contributed by atoms with E-state index in [0.717, 1.165) is 71.6 Å². The monoisotopic (exact) mass is 2020 g/mol. The maximum Gasteiger partial charge on any atom is 0.216 e. The first-order chi connectivity index (χ1) is 63.1. The second kappa shape index (κ2) is 37.6. The van der Waals surface area contributed by atoms with Crippen LogP contribution in [0.1, 0.15) is 110 Å². The summed E-state index contributed by atoms with van der Waals surface area (Å²) in [5.41, 5.74) is 15.7. The van der Waals surface area contributed by atoms with Crippen molar-refractivity contribution in [2.45, 2.75) is 81.5 Å². The number of benzene rings is 9. The molecule has 0 saturated carbocycles. The van der Waals surface area contributed by atoms with Crippen molar-refractivity contribution in [1.29, 1.82) is 0 Å². The standard InChI is InChI=1S/C21H12NO.C20H17N2O.C19H14NO.3C13H12N.3Ir/c1-2-7-15-14(6-1)11-12-19-20(15)17-9-5-8-16(21(17)23-19)18-10-3-4-13-22-18;1-12(2)14-9-10-21-18(11-14)17-6-4-5-15-16-8-7-13(3)22-20(16)23-19(15)17;1-12-6-7-14-15-4-3-5-16(19(15)21-18(14)11-12)17-10-13(2)8-9-20-17;3*1-10-3-6-12(7-4-10)13-8-5-11(2)9-14-13;;;/h1-7,9-13H;4-5,7-12H,1-3H3;3-4,6-11H,1-2H3;3*3-6,8-9H,1-2H3;;;/q6*-1;;;/i;1D3,12D;2D3;3*1D3,2D3;;;. The van der Waals surface area contributed by atoms with E-state index in [1.165, 1.54) is 109 Å². The molecule has 9 aromatic carbocycles. The van der Waals surface area contributed by atoms with Gasteiger partial charge in [0.1, 0.15) is 11.2 Å². The summed E-state index contributed by atoms with van der Waals surface area (Å²) >= 11 is 0. The Morgan fingerprint density at radius 1 is 0.348 bits per heavy atom. The first-order valence-corrected chi connectivity index (χ1v) is 34.2. The van der Waals surface area contributed by atoms with Gasteiger partial charge in [0.25, 0.3) is 0 Å². The minimum atomic E-state index is -2.46. The number of rotatable bonds is 7. The normalized spacial score (nSPS) is 15.4. The summed E-state index contributed by atoms with van der Waals surface area (Å²) in [6, 6.07) is 87.0. The van der Waals surface area contributed by atoms with Crippen molar-refractivity contribution in [3.05, 3.63) is 366 Å². The van der Waals surface area contributed by atoms with Crippen LogP contribution in [0.4, 0.5) is 0 Å². The van der Waals surface area contributed by atoms with Crippen molar-refractivity contribution >= 4 is 76.7 Å². The molecule has 10 nitrogen and oxygen atoms in total. The van der Waals surface area contributed by atoms with Crippen LogP contribution in [0.2, 0.25) is 0 Å². The Hall–Kier alpha value is -11.4. The fraction of sp³-hybridized carbons (Fsp3) is 0.121. The Balaban J connectivity index is 0.000000158. The summed E-state index contributed by atoms with van der Waals surface area (Å²) in [6.45, 7) is -12.3. The summed E-state index contributed by atoms with van der Waals surface area (Å²) in [6.07, 6.45) is 8.72. The van der Waals surface area contributed by atoms with Gasteiger partial charge in [-0.3, -0.25) is 0 Å². The van der Waals surface area contributed by atoms with Gasteiger partial charge in [-0.1, -0.05) is 181 Å². The van der Waals surface area contributed by atoms with Crippen LogP contribution in [0.3, 0.4) is 0 Å². The van der Waals surface area contributed by atoms with Gasteiger partial charge in [-0.05, 0) is 157 Å². The fourth-order valence-electron chi connectivity index (χ4n) is 11.9. The molecule has 0 aliphatic heterocycles. The number of hydrogen-bond donors (Lipinski definition) is 0. The molecular formula is C99H79Ir3N7O3-6. The first-order valence-electron chi connectivity index (χ1n) is 46.7. The number of furan rings is 3. The first kappa shape index (κ1) is 54.3. The quantitative estimate of drug-likeness (QED) is 0.142. The molecule has 0 N–H and O–H groups in total. The molecule has 13 heteroatoms. The topological polar surface area (TPSA) is 130 Å². The molecule has 1 unspecified atom stereocenters. The summed E-state index contributed by atoms with van der Waals surface area (Å²) in [5, 5.41) is 8.48. The van der Waals surface area contributed by atoms with Crippen LogP contribution in [0.5, 0.6) is 0 Å². The predicted molar refractivity (Wildman–Crippen MR) is 445 cm³/mol. The zero-order valence-electron chi connectivity index (χ0n) is 84.8. The van der Waals surface area contributed by atoms with Crippen LogP contribution < -0.4 is 0 Å². The molecule has 10 heterocycles. The average Bonchev–Trinajstić information content (AvgIpc) is 1.56. The molecule has 1 atom stereocenters. The van der Waals surface area contributed by atoms with Gasteiger partial charge < -0.3 is 43.2 Å². The van der Waals surface area contributed by atoms with Crippen LogP contribution >= 0.6 is 0 Å². The Kier molecular flexibility index (Phi) is 18.2. The Labute approximate surface area is 730 Å². The van der Waals surface area contributed by atoms with E-state index in [1.54, 1.807) is 66.9 Å². The van der Waals surface area contributed by atoms with Crippen molar-refractivity contribution in [2.75, 3.05) is 0 Å². The minimum Gasteiger partial charge on any atom is -0.501 e. The molecule has 19 aromatic rings. The smallest absolute Gasteiger partial charge is 0.216 e. The average molecular weight is 2020 g/mol. The maximum atomic E-state index is 8.32. The SMILES string of the molecule is [2H]C([2H])([2H])C([2H])(C)c1ccnc(-c2[c-]ccc3c2oc2nc(C)ccc23)c1.[2H]C([2H])([2H])c1c[c-]c(-c2ccc(C([2H])([2H])[2H])cn2)cc1.[2H]C([2H])([2H])c1c[c-]c(-c2ccc(C([2H])([2H])[2H])cn2)cc1.[2H]C([2H])([2H])c1c[c-]c(-c2ccc(C([2H])([2H])[2H])cn2)cc1.[2H]C([2H])([2H])c1ccnc(-c2[c-]ccc3c2oc2cc(C)ccc23)c1.[Ir].[Ir].[Ir].[c-]1ccc2c(oc3ccc4ccccc4c32)c1-c1ccccn1. The van der Waals surface area contributed by atoms with E-state index in [2.05, 4.69) is 108 Å². The van der Waals surface area contributed by atoms with E-state index < -0.39 is 60.7 Å². The van der Waals surface area contributed by atoms with Gasteiger partial charge >= 0.3 is 0 Å². The van der Waals surface area contributed by atoms with E-state index in [0.29, 0.717) is 78.7 Å². The molecule has 0 amide bonds. The van der Waals surface area contributed by atoms with Gasteiger partial charge in [0, 0.05) is 154 Å². The number of pyridine rings is 7. The third-order valence-electron chi connectivity index (χ3n) is 17.3. The summed E-state index contributed by atoms with van der Waals surface area (Å²) in [7, 11) is 0. The second-order valence-corrected chi connectivity index (χ2v) is 25.0. The van der Waals surface area contributed by atoms with Gasteiger partial charge in [-0.25, -0.2) is 4.98 Å². The van der Waals surface area contributed by atoms with E-state index >= 15 is 0 Å². The maximum absolute atomic E-state index is 8.32. The number of nitrogens with zero attached hydrogens (tertiary/aromatic N) is 7. The van der Waals surface area contributed by atoms with Crippen molar-refractivity contribution in [1.82, 2.24) is 34.9 Å². The van der Waals surface area contributed by atoms with Gasteiger partial charge in [0.05, 0.1) is 16.7 Å². The van der Waals surface area contributed by atoms with Crippen molar-refractivity contribution in [2.24, 2.45) is 0 Å². The van der Waals surface area contributed by atoms with E-state index in [4.69, 9.17) is 47.5 Å². The predicted octanol–water partition coefficient (Wildman–Crippen LogP) is 25.4. The number of aryl methyl sites for hydroxylation is 9. The molecule has 0 fully saturated rings. The van der Waals surface area contributed by atoms with Crippen LogP contribution in [0, 0.1) is 98.2 Å². The molecule has 0 spiro atoms. The van der Waals surface area contributed by atoms with E-state index in [-0.39, 0.29) is 99.3 Å². The summed E-state index contributed by atoms with van der Waals surface area (Å²) in [5.74, 6) is -1.74. The van der Waals surface area contributed by atoms with Crippen LogP contribution in [-0.2, 0) is 60.3 Å². The molecular weight excluding hydrogens is 1910 g/mol. The molecule has 10 aromatic heterocycles. The second-order valence-electron chi connectivity index (χ2n) is 25.0. The zero-order chi connectivity index (χ0) is 96.4. The van der Waals surface area contributed by atoms with Crippen molar-refractivity contribution in [3.8, 4) is 67.5 Å². The van der Waals surface area contributed by atoms with Crippen molar-refractivity contribution in [3.63, 3.8) is 0 Å². The van der Waals surface area contributed by atoms with Crippen LogP contribution in [-0.4, -0.2) is 34.9 Å². The van der Waals surface area contributed by atoms with Gasteiger partial charge in [-0.2, -0.15) is 0 Å². The Morgan fingerprint density at radius 3 is 1.38 bits per heavy atom. The largest absolute Gasteiger partial charge is 0.501 e. The van der Waals surface area contributed by atoms with Crippen molar-refractivity contribution < 1.29 is 108 Å². The fourth-order valence-corrected chi connectivity index (χ4v) is 11.9. The summed E-state index contributed by atoms with van der Waals surface area (Å²) in [4.78, 5) is 29.8. The van der Waals surface area contributed by atoms with E-state index in [1.807, 2.05) is 92.7 Å². The molecule has 0 bridgehead atoms. The van der Waals surface area contributed by atoms with Crippen LogP contribution in [0.25, 0.3) is 144 Å². The molecule has 0 aliphatic carbocycles. The number of fused-ring (bicyclic) bond motifs is 11. The Bertz CT molecular complexity index is 6960. The number of aromatic nitrogens is 7.